The molecule has 30 heavy (non-hydrogen) atoms. The molecule has 0 unspecified atom stereocenters. The van der Waals surface area contributed by atoms with Gasteiger partial charge in [-0.25, -0.2) is 4.39 Å². The number of benzene rings is 2. The molecule has 1 aromatic heterocycles. The van der Waals surface area contributed by atoms with Crippen molar-refractivity contribution in [2.75, 3.05) is 26.2 Å². The number of rotatable bonds is 5. The average molecular weight is 406 g/mol. The summed E-state index contributed by atoms with van der Waals surface area (Å²) in [4.78, 5) is 20.9. The van der Waals surface area contributed by atoms with Crippen LogP contribution in [0.3, 0.4) is 0 Å². The number of hydrogen-bond donors (Lipinski definition) is 0. The summed E-state index contributed by atoms with van der Waals surface area (Å²) in [5.41, 5.74) is 2.91. The Labute approximate surface area is 174 Å². The Morgan fingerprint density at radius 2 is 1.77 bits per heavy atom. The van der Waals surface area contributed by atoms with Crippen molar-refractivity contribution in [3.8, 4) is 11.4 Å². The molecule has 2 aromatic carbocycles. The van der Waals surface area contributed by atoms with Crippen molar-refractivity contribution < 1.29 is 13.7 Å². The predicted molar refractivity (Wildman–Crippen MR) is 112 cm³/mol. The Bertz CT molecular complexity index is 1020. The van der Waals surface area contributed by atoms with Crippen LogP contribution in [-0.4, -0.2) is 52.0 Å². The highest BCUT2D eigenvalue weighted by atomic mass is 19.1. The van der Waals surface area contributed by atoms with E-state index in [9.17, 15) is 9.18 Å². The van der Waals surface area contributed by atoms with Crippen molar-refractivity contribution in [2.45, 2.75) is 13.5 Å². The summed E-state index contributed by atoms with van der Waals surface area (Å²) in [6.07, 6.45) is 3.24. The number of carbonyl (C=O) groups is 1. The lowest BCUT2D eigenvalue weighted by molar-refractivity contribution is -0.127. The Morgan fingerprint density at radius 1 is 1.07 bits per heavy atom. The molecule has 0 spiro atoms. The van der Waals surface area contributed by atoms with Crippen molar-refractivity contribution >= 4 is 12.0 Å². The first-order valence-corrected chi connectivity index (χ1v) is 9.91. The zero-order valence-corrected chi connectivity index (χ0v) is 16.8. The van der Waals surface area contributed by atoms with E-state index in [1.54, 1.807) is 18.2 Å². The number of hydrogen-bond acceptors (Lipinski definition) is 5. The van der Waals surface area contributed by atoms with Gasteiger partial charge in [-0.2, -0.15) is 4.98 Å². The smallest absolute Gasteiger partial charge is 0.246 e. The molecule has 1 aliphatic heterocycles. The van der Waals surface area contributed by atoms with Gasteiger partial charge in [-0.15, -0.1) is 0 Å². The summed E-state index contributed by atoms with van der Waals surface area (Å²) in [6.45, 7) is 5.33. The molecule has 3 aromatic rings. The van der Waals surface area contributed by atoms with Gasteiger partial charge in [-0.05, 0) is 30.7 Å². The van der Waals surface area contributed by atoms with Crippen LogP contribution in [-0.2, 0) is 11.3 Å². The Kier molecular flexibility index (Phi) is 5.99. The van der Waals surface area contributed by atoms with Gasteiger partial charge in [0.25, 0.3) is 0 Å². The molecule has 0 bridgehead atoms. The largest absolute Gasteiger partial charge is 0.338 e. The van der Waals surface area contributed by atoms with Crippen LogP contribution in [0.25, 0.3) is 17.5 Å². The summed E-state index contributed by atoms with van der Waals surface area (Å²) in [5, 5.41) is 4.07. The van der Waals surface area contributed by atoms with E-state index in [4.69, 9.17) is 4.52 Å². The van der Waals surface area contributed by atoms with Crippen molar-refractivity contribution in [2.24, 2.45) is 0 Å². The van der Waals surface area contributed by atoms with E-state index in [0.29, 0.717) is 31.3 Å². The van der Waals surface area contributed by atoms with Crippen LogP contribution in [0.15, 0.2) is 59.1 Å². The predicted octanol–water partition coefficient (Wildman–Crippen LogP) is 3.54. The van der Waals surface area contributed by atoms with Crippen LogP contribution >= 0.6 is 0 Å². The van der Waals surface area contributed by atoms with Crippen LogP contribution < -0.4 is 0 Å². The molecule has 0 aliphatic carbocycles. The number of amides is 1. The molecular weight excluding hydrogens is 383 g/mol. The average Bonchev–Trinajstić information content (AvgIpc) is 3.22. The second-order valence-electron chi connectivity index (χ2n) is 7.36. The minimum atomic E-state index is -0.290. The number of aryl methyl sites for hydroxylation is 1. The van der Waals surface area contributed by atoms with Gasteiger partial charge in [0.15, 0.2) is 0 Å². The fourth-order valence-corrected chi connectivity index (χ4v) is 3.30. The van der Waals surface area contributed by atoms with Crippen LogP contribution in [0.1, 0.15) is 17.0 Å². The zero-order chi connectivity index (χ0) is 20.9. The molecule has 6 nitrogen and oxygen atoms in total. The maximum Gasteiger partial charge on any atom is 0.246 e. The number of nitrogens with zero attached hydrogens (tertiary/aromatic N) is 4. The molecule has 4 rings (SSSR count). The molecule has 0 N–H and O–H groups in total. The highest BCUT2D eigenvalue weighted by Crippen LogP contribution is 2.17. The van der Waals surface area contributed by atoms with Gasteiger partial charge in [-0.1, -0.05) is 47.1 Å². The van der Waals surface area contributed by atoms with Crippen LogP contribution in [0, 0.1) is 12.7 Å². The molecule has 1 saturated heterocycles. The summed E-state index contributed by atoms with van der Waals surface area (Å²) >= 11 is 0. The maximum atomic E-state index is 13.0. The Morgan fingerprint density at radius 3 is 2.47 bits per heavy atom. The number of halogens is 1. The first kappa shape index (κ1) is 20.0. The van der Waals surface area contributed by atoms with Gasteiger partial charge in [-0.3, -0.25) is 9.69 Å². The molecule has 1 fully saturated rings. The van der Waals surface area contributed by atoms with Gasteiger partial charge in [0.05, 0.1) is 6.54 Å². The third-order valence-electron chi connectivity index (χ3n) is 5.11. The molecule has 2 heterocycles. The van der Waals surface area contributed by atoms with Crippen molar-refractivity contribution in [1.82, 2.24) is 19.9 Å². The lowest BCUT2D eigenvalue weighted by atomic mass is 10.1. The normalized spacial score (nSPS) is 15.1. The molecule has 0 radical (unpaired) electrons. The van der Waals surface area contributed by atoms with E-state index in [1.165, 1.54) is 23.8 Å². The second kappa shape index (κ2) is 9.00. The number of aromatic nitrogens is 2. The van der Waals surface area contributed by atoms with E-state index in [2.05, 4.69) is 15.0 Å². The third kappa shape index (κ3) is 4.99. The van der Waals surface area contributed by atoms with Crippen molar-refractivity contribution in [3.05, 3.63) is 77.4 Å². The number of carbonyl (C=O) groups excluding carboxylic acids is 1. The molecular formula is C23H23FN4O2. The fourth-order valence-electron chi connectivity index (χ4n) is 3.30. The minimum Gasteiger partial charge on any atom is -0.338 e. The Balaban J connectivity index is 1.28. The first-order valence-electron chi connectivity index (χ1n) is 9.91. The minimum absolute atomic E-state index is 0.0431. The van der Waals surface area contributed by atoms with Gasteiger partial charge in [0.1, 0.15) is 5.82 Å². The summed E-state index contributed by atoms with van der Waals surface area (Å²) in [7, 11) is 0. The highest BCUT2D eigenvalue weighted by Gasteiger charge is 2.21. The van der Waals surface area contributed by atoms with E-state index < -0.39 is 0 Å². The maximum absolute atomic E-state index is 13.0. The lowest BCUT2D eigenvalue weighted by Crippen LogP contribution is -2.47. The quantitative estimate of drug-likeness (QED) is 0.607. The van der Waals surface area contributed by atoms with Crippen LogP contribution in [0.5, 0.6) is 0 Å². The molecule has 154 valence electrons. The van der Waals surface area contributed by atoms with Gasteiger partial charge in [0.2, 0.25) is 17.6 Å². The summed E-state index contributed by atoms with van der Waals surface area (Å²) in [5.74, 6) is 0.826. The molecule has 0 atom stereocenters. The van der Waals surface area contributed by atoms with Crippen LogP contribution in [0.4, 0.5) is 4.39 Å². The number of piperazine rings is 1. The van der Waals surface area contributed by atoms with E-state index in [1.807, 2.05) is 36.1 Å². The third-order valence-corrected chi connectivity index (χ3v) is 5.11. The lowest BCUT2D eigenvalue weighted by Gasteiger charge is -2.33. The summed E-state index contributed by atoms with van der Waals surface area (Å²) in [6, 6.07) is 14.0. The molecule has 7 heteroatoms. The standard InChI is InChI=1S/C23H23FN4O2/c1-17-2-7-19(8-3-17)23-25-21(30-26-23)16-27-12-14-28(15-13-27)22(29)11-6-18-4-9-20(24)10-5-18/h2-11H,12-16H2,1H3. The van der Waals surface area contributed by atoms with E-state index in [0.717, 1.165) is 24.2 Å². The molecule has 1 amide bonds. The van der Waals surface area contributed by atoms with E-state index >= 15 is 0 Å². The first-order chi connectivity index (χ1) is 14.6. The monoisotopic (exact) mass is 406 g/mol. The fraction of sp³-hybridized carbons (Fsp3) is 0.261. The second-order valence-corrected chi connectivity index (χ2v) is 7.36. The van der Waals surface area contributed by atoms with Crippen molar-refractivity contribution in [1.29, 1.82) is 0 Å². The van der Waals surface area contributed by atoms with E-state index in [-0.39, 0.29) is 11.7 Å². The molecule has 0 saturated carbocycles. The summed E-state index contributed by atoms with van der Waals surface area (Å²) < 4.78 is 18.4. The topological polar surface area (TPSA) is 62.5 Å². The van der Waals surface area contributed by atoms with Gasteiger partial charge >= 0.3 is 0 Å². The molecule has 1 aliphatic rings. The van der Waals surface area contributed by atoms with Crippen LogP contribution in [0.2, 0.25) is 0 Å². The Hall–Kier alpha value is -3.32. The van der Waals surface area contributed by atoms with Gasteiger partial charge < -0.3 is 9.42 Å². The van der Waals surface area contributed by atoms with Crippen molar-refractivity contribution in [3.63, 3.8) is 0 Å². The zero-order valence-electron chi connectivity index (χ0n) is 16.8. The van der Waals surface area contributed by atoms with Gasteiger partial charge in [0, 0.05) is 37.8 Å². The highest BCUT2D eigenvalue weighted by molar-refractivity contribution is 5.91. The SMILES string of the molecule is Cc1ccc(-c2noc(CN3CCN(C(=O)C=Cc4ccc(F)cc4)CC3)n2)cc1.